The summed E-state index contributed by atoms with van der Waals surface area (Å²) >= 11 is 0. The van der Waals surface area contributed by atoms with E-state index < -0.39 is 0 Å². The molecule has 0 bridgehead atoms. The van der Waals surface area contributed by atoms with Crippen LogP contribution in [0.5, 0.6) is 5.75 Å². The molecule has 116 valence electrons. The number of aromatic nitrogens is 2. The van der Waals surface area contributed by atoms with E-state index in [-0.39, 0.29) is 17.4 Å². The fraction of sp³-hybridized carbons (Fsp3) is 0.333. The maximum absolute atomic E-state index is 13.0. The van der Waals surface area contributed by atoms with Crippen molar-refractivity contribution >= 4 is 5.91 Å². The number of amides is 1. The Morgan fingerprint density at radius 1 is 1.27 bits per heavy atom. The molecule has 0 radical (unpaired) electrons. The molecule has 0 atom stereocenters. The second-order valence-electron chi connectivity index (χ2n) is 4.87. The van der Waals surface area contributed by atoms with Crippen LogP contribution in [0.1, 0.15) is 10.5 Å². The summed E-state index contributed by atoms with van der Waals surface area (Å²) in [6.45, 7) is 2.11. The molecule has 1 saturated heterocycles. The van der Waals surface area contributed by atoms with Crippen molar-refractivity contribution in [2.45, 2.75) is 0 Å². The Morgan fingerprint density at radius 3 is 2.59 bits per heavy atom. The highest BCUT2D eigenvalue weighted by molar-refractivity contribution is 5.95. The quantitative estimate of drug-likeness (QED) is 0.862. The molecule has 0 saturated carbocycles. The number of halogens is 1. The lowest BCUT2D eigenvalue weighted by atomic mass is 10.3. The number of hydrogen-bond donors (Lipinski definition) is 0. The number of nitrogens with zero attached hydrogens (tertiary/aromatic N) is 3. The zero-order chi connectivity index (χ0) is 15.5. The summed E-state index contributed by atoms with van der Waals surface area (Å²) in [6, 6.07) is 5.86. The third-order valence-corrected chi connectivity index (χ3v) is 3.49. The standard InChI is InChI=1S/C15H16FN3O3/c1-21-13-10-19(12-4-2-11(16)3-5-12)17-14(13)15(20)18-6-8-22-9-7-18/h2-5,10H,6-9H2,1H3. The molecule has 0 N–H and O–H groups in total. The van der Waals surface area contributed by atoms with Crippen LogP contribution in [0.15, 0.2) is 30.5 Å². The Bertz CT molecular complexity index is 663. The lowest BCUT2D eigenvalue weighted by Gasteiger charge is -2.26. The van der Waals surface area contributed by atoms with E-state index >= 15 is 0 Å². The maximum Gasteiger partial charge on any atom is 0.278 e. The molecule has 2 heterocycles. The SMILES string of the molecule is COc1cn(-c2ccc(F)cc2)nc1C(=O)N1CCOCC1. The van der Waals surface area contributed by atoms with Crippen LogP contribution in [-0.2, 0) is 4.74 Å². The summed E-state index contributed by atoms with van der Waals surface area (Å²) < 4.78 is 25.0. The number of carbonyl (C=O) groups is 1. The summed E-state index contributed by atoms with van der Waals surface area (Å²) in [5.74, 6) is -0.130. The predicted octanol–water partition coefficient (Wildman–Crippen LogP) is 1.49. The number of hydrogen-bond acceptors (Lipinski definition) is 4. The van der Waals surface area contributed by atoms with Gasteiger partial charge in [0, 0.05) is 13.1 Å². The molecule has 0 spiro atoms. The van der Waals surface area contributed by atoms with E-state index in [0.29, 0.717) is 37.7 Å². The van der Waals surface area contributed by atoms with E-state index in [1.54, 1.807) is 23.2 Å². The Hall–Kier alpha value is -2.41. The Kier molecular flexibility index (Phi) is 4.06. The summed E-state index contributed by atoms with van der Waals surface area (Å²) in [6.07, 6.45) is 1.61. The number of ether oxygens (including phenoxy) is 2. The van der Waals surface area contributed by atoms with Gasteiger partial charge in [-0.05, 0) is 24.3 Å². The summed E-state index contributed by atoms with van der Waals surface area (Å²) in [5, 5.41) is 4.29. The van der Waals surface area contributed by atoms with E-state index in [1.165, 1.54) is 23.9 Å². The van der Waals surface area contributed by atoms with Crippen LogP contribution in [0, 0.1) is 5.82 Å². The molecule has 0 aliphatic carbocycles. The Morgan fingerprint density at radius 2 is 1.95 bits per heavy atom. The van der Waals surface area contributed by atoms with Crippen molar-refractivity contribution < 1.29 is 18.7 Å². The molecule has 1 aliphatic heterocycles. The normalized spacial score (nSPS) is 14.9. The van der Waals surface area contributed by atoms with Crippen molar-refractivity contribution in [3.63, 3.8) is 0 Å². The Balaban J connectivity index is 1.90. The molecular weight excluding hydrogens is 289 g/mol. The van der Waals surface area contributed by atoms with Gasteiger partial charge < -0.3 is 14.4 Å². The molecule has 2 aromatic rings. The molecule has 6 nitrogen and oxygen atoms in total. The topological polar surface area (TPSA) is 56.6 Å². The van der Waals surface area contributed by atoms with Gasteiger partial charge in [-0.25, -0.2) is 9.07 Å². The minimum Gasteiger partial charge on any atom is -0.493 e. The first-order valence-electron chi connectivity index (χ1n) is 6.95. The van der Waals surface area contributed by atoms with Gasteiger partial charge in [-0.1, -0.05) is 0 Å². The third-order valence-electron chi connectivity index (χ3n) is 3.49. The van der Waals surface area contributed by atoms with Crippen LogP contribution in [0.2, 0.25) is 0 Å². The van der Waals surface area contributed by atoms with Crippen molar-refractivity contribution in [3.05, 3.63) is 42.0 Å². The summed E-state index contributed by atoms with van der Waals surface area (Å²) in [5.41, 5.74) is 0.898. The average Bonchev–Trinajstić information content (AvgIpc) is 3.00. The second kappa shape index (κ2) is 6.15. The third kappa shape index (κ3) is 2.80. The van der Waals surface area contributed by atoms with Gasteiger partial charge >= 0.3 is 0 Å². The smallest absolute Gasteiger partial charge is 0.278 e. The zero-order valence-electron chi connectivity index (χ0n) is 12.2. The molecule has 1 fully saturated rings. The first-order chi connectivity index (χ1) is 10.7. The largest absolute Gasteiger partial charge is 0.493 e. The molecule has 22 heavy (non-hydrogen) atoms. The Labute approximate surface area is 127 Å². The minimum absolute atomic E-state index is 0.194. The highest BCUT2D eigenvalue weighted by Gasteiger charge is 2.25. The highest BCUT2D eigenvalue weighted by Crippen LogP contribution is 2.21. The minimum atomic E-state index is -0.326. The molecule has 1 aliphatic rings. The predicted molar refractivity (Wildman–Crippen MR) is 76.8 cm³/mol. The van der Waals surface area contributed by atoms with E-state index in [1.807, 2.05) is 0 Å². The van der Waals surface area contributed by atoms with Gasteiger partial charge in [0.2, 0.25) is 0 Å². The molecule has 7 heteroatoms. The van der Waals surface area contributed by atoms with Crippen molar-refractivity contribution in [1.29, 1.82) is 0 Å². The molecule has 1 amide bonds. The first-order valence-corrected chi connectivity index (χ1v) is 6.95. The number of rotatable bonds is 3. The van der Waals surface area contributed by atoms with Gasteiger partial charge in [0.1, 0.15) is 5.82 Å². The van der Waals surface area contributed by atoms with Crippen LogP contribution in [0.3, 0.4) is 0 Å². The molecule has 1 aromatic carbocycles. The number of methoxy groups -OCH3 is 1. The second-order valence-corrected chi connectivity index (χ2v) is 4.87. The van der Waals surface area contributed by atoms with Gasteiger partial charge in [0.25, 0.3) is 5.91 Å². The first kappa shape index (κ1) is 14.5. The monoisotopic (exact) mass is 305 g/mol. The van der Waals surface area contributed by atoms with Gasteiger partial charge in [0.05, 0.1) is 32.2 Å². The lowest BCUT2D eigenvalue weighted by molar-refractivity contribution is 0.0296. The van der Waals surface area contributed by atoms with Gasteiger partial charge in [-0.3, -0.25) is 4.79 Å². The molecule has 1 aromatic heterocycles. The van der Waals surface area contributed by atoms with Crippen molar-refractivity contribution in [2.24, 2.45) is 0 Å². The fourth-order valence-electron chi connectivity index (χ4n) is 2.30. The maximum atomic E-state index is 13.0. The van der Waals surface area contributed by atoms with E-state index in [9.17, 15) is 9.18 Å². The fourth-order valence-corrected chi connectivity index (χ4v) is 2.30. The number of benzene rings is 1. The van der Waals surface area contributed by atoms with Gasteiger partial charge in [-0.15, -0.1) is 0 Å². The van der Waals surface area contributed by atoms with Crippen molar-refractivity contribution in [3.8, 4) is 11.4 Å². The number of carbonyl (C=O) groups excluding carboxylic acids is 1. The van der Waals surface area contributed by atoms with Crippen LogP contribution in [-0.4, -0.2) is 54.0 Å². The van der Waals surface area contributed by atoms with Crippen LogP contribution >= 0.6 is 0 Å². The number of morpholine rings is 1. The summed E-state index contributed by atoms with van der Waals surface area (Å²) in [7, 11) is 1.49. The van der Waals surface area contributed by atoms with E-state index in [2.05, 4.69) is 5.10 Å². The summed E-state index contributed by atoms with van der Waals surface area (Å²) in [4.78, 5) is 14.2. The molecule has 3 rings (SSSR count). The average molecular weight is 305 g/mol. The van der Waals surface area contributed by atoms with Crippen LogP contribution in [0.4, 0.5) is 4.39 Å². The lowest BCUT2D eigenvalue weighted by Crippen LogP contribution is -2.41. The van der Waals surface area contributed by atoms with E-state index in [0.717, 1.165) is 0 Å². The van der Waals surface area contributed by atoms with Crippen LogP contribution in [0.25, 0.3) is 5.69 Å². The van der Waals surface area contributed by atoms with Gasteiger partial charge in [-0.2, -0.15) is 5.10 Å². The molecule has 0 unspecified atom stereocenters. The highest BCUT2D eigenvalue weighted by atomic mass is 19.1. The van der Waals surface area contributed by atoms with Crippen molar-refractivity contribution in [1.82, 2.24) is 14.7 Å². The van der Waals surface area contributed by atoms with Crippen LogP contribution < -0.4 is 4.74 Å². The van der Waals surface area contributed by atoms with Crippen molar-refractivity contribution in [2.75, 3.05) is 33.4 Å². The zero-order valence-corrected chi connectivity index (χ0v) is 12.2. The van der Waals surface area contributed by atoms with Gasteiger partial charge in [0.15, 0.2) is 11.4 Å². The van der Waals surface area contributed by atoms with E-state index in [4.69, 9.17) is 9.47 Å². The molecular formula is C15H16FN3O3.